The van der Waals surface area contributed by atoms with E-state index in [1.165, 1.54) is 25.7 Å². The molecule has 28 heavy (non-hydrogen) atoms. The SMILES string of the molecule is CCCC1CC1NC(=NC)N1CCN(CC(=O)N2CC(C)CC(C)C2)CC1.I. The van der Waals surface area contributed by atoms with E-state index in [-0.39, 0.29) is 24.0 Å². The number of aliphatic imine (C=N–C) groups is 1. The van der Waals surface area contributed by atoms with E-state index in [4.69, 9.17) is 0 Å². The average molecular weight is 505 g/mol. The number of hydrogen-bond acceptors (Lipinski definition) is 3. The van der Waals surface area contributed by atoms with Gasteiger partial charge in [0.1, 0.15) is 0 Å². The summed E-state index contributed by atoms with van der Waals surface area (Å²) >= 11 is 0. The molecule has 3 fully saturated rings. The molecule has 7 heteroatoms. The van der Waals surface area contributed by atoms with Gasteiger partial charge in [0.05, 0.1) is 6.54 Å². The smallest absolute Gasteiger partial charge is 0.236 e. The van der Waals surface area contributed by atoms with E-state index in [0.29, 0.717) is 30.3 Å². The number of rotatable bonds is 5. The molecule has 2 saturated heterocycles. The zero-order chi connectivity index (χ0) is 19.4. The Morgan fingerprint density at radius 1 is 1.04 bits per heavy atom. The maximum absolute atomic E-state index is 12.7. The predicted molar refractivity (Wildman–Crippen MR) is 126 cm³/mol. The molecule has 6 nitrogen and oxygen atoms in total. The van der Waals surface area contributed by atoms with E-state index in [9.17, 15) is 4.79 Å². The number of carbonyl (C=O) groups excluding carboxylic acids is 1. The van der Waals surface area contributed by atoms with Crippen molar-refractivity contribution in [2.75, 3.05) is 52.9 Å². The first-order valence-electron chi connectivity index (χ1n) is 11.0. The summed E-state index contributed by atoms with van der Waals surface area (Å²) < 4.78 is 0. The van der Waals surface area contributed by atoms with Gasteiger partial charge in [-0.05, 0) is 37.0 Å². The minimum absolute atomic E-state index is 0. The molecule has 2 aliphatic heterocycles. The predicted octanol–water partition coefficient (Wildman–Crippen LogP) is 2.49. The van der Waals surface area contributed by atoms with Crippen LogP contribution in [0.5, 0.6) is 0 Å². The summed E-state index contributed by atoms with van der Waals surface area (Å²) in [5, 5.41) is 3.64. The van der Waals surface area contributed by atoms with Crippen LogP contribution in [0.2, 0.25) is 0 Å². The molecule has 1 amide bonds. The van der Waals surface area contributed by atoms with Gasteiger partial charge in [0, 0.05) is 52.4 Å². The highest BCUT2D eigenvalue weighted by atomic mass is 127. The van der Waals surface area contributed by atoms with Crippen molar-refractivity contribution in [1.82, 2.24) is 20.0 Å². The summed E-state index contributed by atoms with van der Waals surface area (Å²) in [4.78, 5) is 24.0. The van der Waals surface area contributed by atoms with Crippen LogP contribution < -0.4 is 5.32 Å². The Morgan fingerprint density at radius 3 is 2.25 bits per heavy atom. The van der Waals surface area contributed by atoms with E-state index in [1.54, 1.807) is 0 Å². The summed E-state index contributed by atoms with van der Waals surface area (Å²) in [7, 11) is 1.88. The van der Waals surface area contributed by atoms with Crippen molar-refractivity contribution in [2.45, 2.75) is 52.5 Å². The first-order valence-corrected chi connectivity index (χ1v) is 11.0. The van der Waals surface area contributed by atoms with Gasteiger partial charge in [-0.25, -0.2) is 0 Å². The highest BCUT2D eigenvalue weighted by Gasteiger charge is 2.37. The minimum Gasteiger partial charge on any atom is -0.353 e. The van der Waals surface area contributed by atoms with Gasteiger partial charge in [0.2, 0.25) is 5.91 Å². The number of piperazine rings is 1. The number of nitrogens with one attached hydrogen (secondary N) is 1. The topological polar surface area (TPSA) is 51.2 Å². The molecule has 1 saturated carbocycles. The molecular weight excluding hydrogens is 465 g/mol. The van der Waals surface area contributed by atoms with Gasteiger partial charge in [0.25, 0.3) is 0 Å². The fourth-order valence-corrected chi connectivity index (χ4v) is 4.85. The lowest BCUT2D eigenvalue weighted by Gasteiger charge is -2.39. The average Bonchev–Trinajstić information content (AvgIpc) is 3.37. The molecule has 4 unspecified atom stereocenters. The number of likely N-dealkylation sites (tertiary alicyclic amines) is 1. The van der Waals surface area contributed by atoms with Crippen molar-refractivity contribution in [2.24, 2.45) is 22.7 Å². The second kappa shape index (κ2) is 11.0. The van der Waals surface area contributed by atoms with E-state index in [0.717, 1.165) is 51.1 Å². The number of amides is 1. The number of carbonyl (C=O) groups is 1. The Kier molecular flexibility index (Phi) is 9.31. The molecule has 0 bridgehead atoms. The summed E-state index contributed by atoms with van der Waals surface area (Å²) in [6, 6.07) is 0.617. The molecule has 0 radical (unpaired) electrons. The molecule has 1 N–H and O–H groups in total. The largest absolute Gasteiger partial charge is 0.353 e. The summed E-state index contributed by atoms with van der Waals surface area (Å²) in [6.07, 6.45) is 5.11. The van der Waals surface area contributed by atoms with Crippen molar-refractivity contribution in [1.29, 1.82) is 0 Å². The molecule has 3 aliphatic rings. The number of guanidine groups is 1. The van der Waals surface area contributed by atoms with Gasteiger partial charge < -0.3 is 15.1 Å². The third-order valence-electron chi connectivity index (χ3n) is 6.36. The Bertz CT molecular complexity index is 525. The quantitative estimate of drug-likeness (QED) is 0.355. The van der Waals surface area contributed by atoms with Crippen LogP contribution in [0.15, 0.2) is 4.99 Å². The molecule has 0 aromatic carbocycles. The number of hydrogen-bond donors (Lipinski definition) is 1. The van der Waals surface area contributed by atoms with Gasteiger partial charge in [-0.15, -0.1) is 24.0 Å². The maximum atomic E-state index is 12.7. The van der Waals surface area contributed by atoms with Crippen LogP contribution in [0, 0.1) is 17.8 Å². The Labute approximate surface area is 188 Å². The summed E-state index contributed by atoms with van der Waals surface area (Å²) in [6.45, 7) is 13.0. The number of nitrogens with zero attached hydrogens (tertiary/aromatic N) is 4. The van der Waals surface area contributed by atoms with Crippen LogP contribution in [-0.4, -0.2) is 85.5 Å². The van der Waals surface area contributed by atoms with Crippen LogP contribution in [0.25, 0.3) is 0 Å². The lowest BCUT2D eigenvalue weighted by molar-refractivity contribution is -0.135. The van der Waals surface area contributed by atoms with Crippen LogP contribution in [0.4, 0.5) is 0 Å². The molecule has 1 aliphatic carbocycles. The monoisotopic (exact) mass is 505 g/mol. The Morgan fingerprint density at radius 2 is 1.68 bits per heavy atom. The van der Waals surface area contributed by atoms with Crippen LogP contribution in [-0.2, 0) is 4.79 Å². The lowest BCUT2D eigenvalue weighted by Crippen LogP contribution is -2.55. The van der Waals surface area contributed by atoms with Crippen molar-refractivity contribution in [3.05, 3.63) is 0 Å². The zero-order valence-corrected chi connectivity index (χ0v) is 20.5. The standard InChI is InChI=1S/C21H39N5O.HI/c1-5-6-18-12-19(18)23-21(22-4)25-9-7-24(8-10-25)15-20(27)26-13-16(2)11-17(3)14-26;/h16-19H,5-15H2,1-4H3,(H,22,23);1H. The third kappa shape index (κ3) is 6.47. The van der Waals surface area contributed by atoms with Crippen molar-refractivity contribution in [3.63, 3.8) is 0 Å². The molecule has 0 aromatic rings. The van der Waals surface area contributed by atoms with Crippen LogP contribution in [0.3, 0.4) is 0 Å². The van der Waals surface area contributed by atoms with Gasteiger partial charge in [-0.1, -0.05) is 27.2 Å². The van der Waals surface area contributed by atoms with E-state index < -0.39 is 0 Å². The lowest BCUT2D eigenvalue weighted by atomic mass is 9.92. The molecule has 0 spiro atoms. The molecular formula is C21H40IN5O. The first kappa shape index (κ1) is 23.7. The highest BCUT2D eigenvalue weighted by Crippen LogP contribution is 2.34. The minimum atomic E-state index is 0. The molecule has 3 rings (SSSR count). The van der Waals surface area contributed by atoms with Crippen LogP contribution in [0.1, 0.15) is 46.5 Å². The molecule has 0 aromatic heterocycles. The van der Waals surface area contributed by atoms with Gasteiger partial charge in [0.15, 0.2) is 5.96 Å². The van der Waals surface area contributed by atoms with Crippen molar-refractivity contribution in [3.8, 4) is 0 Å². The molecule has 4 atom stereocenters. The van der Waals surface area contributed by atoms with Gasteiger partial charge >= 0.3 is 0 Å². The number of piperidine rings is 1. The molecule has 162 valence electrons. The second-order valence-electron chi connectivity index (χ2n) is 9.09. The fourth-order valence-electron chi connectivity index (χ4n) is 4.85. The Hall–Kier alpha value is -0.570. The van der Waals surface area contributed by atoms with Crippen molar-refractivity contribution >= 4 is 35.8 Å². The summed E-state index contributed by atoms with van der Waals surface area (Å²) in [5.74, 6) is 3.44. The maximum Gasteiger partial charge on any atom is 0.236 e. The normalized spacial score (nSPS) is 31.4. The third-order valence-corrected chi connectivity index (χ3v) is 6.36. The zero-order valence-electron chi connectivity index (χ0n) is 18.2. The Balaban J connectivity index is 0.00000280. The highest BCUT2D eigenvalue weighted by molar-refractivity contribution is 14.0. The van der Waals surface area contributed by atoms with E-state index >= 15 is 0 Å². The van der Waals surface area contributed by atoms with E-state index in [2.05, 4.69) is 45.8 Å². The van der Waals surface area contributed by atoms with Gasteiger partial charge in [-0.3, -0.25) is 14.7 Å². The van der Waals surface area contributed by atoms with Gasteiger partial charge in [-0.2, -0.15) is 0 Å². The summed E-state index contributed by atoms with van der Waals surface area (Å²) in [5.41, 5.74) is 0. The fraction of sp³-hybridized carbons (Fsp3) is 0.905. The number of halogens is 1. The second-order valence-corrected chi connectivity index (χ2v) is 9.09. The first-order chi connectivity index (χ1) is 13.0. The van der Waals surface area contributed by atoms with Crippen molar-refractivity contribution < 1.29 is 4.79 Å². The van der Waals surface area contributed by atoms with E-state index in [1.807, 2.05) is 7.05 Å². The molecule has 2 heterocycles. The van der Waals surface area contributed by atoms with Crippen LogP contribution >= 0.6 is 24.0 Å².